The standard InChI is InChI=1S/C17H17FO/c1-12-3-5-14(6-4-12)10-17(19)11-15-7-8-16(18)9-13(15)2/h3-9H,10-11H2,1-2H3. The van der Waals surface area contributed by atoms with E-state index in [1.807, 2.05) is 38.1 Å². The number of benzene rings is 2. The molecule has 0 N–H and O–H groups in total. The van der Waals surface area contributed by atoms with Crippen molar-refractivity contribution < 1.29 is 9.18 Å². The lowest BCUT2D eigenvalue weighted by atomic mass is 9.99. The van der Waals surface area contributed by atoms with Crippen LogP contribution in [-0.4, -0.2) is 5.78 Å². The molecule has 0 aliphatic heterocycles. The van der Waals surface area contributed by atoms with Gasteiger partial charge in [0.2, 0.25) is 0 Å². The Morgan fingerprint density at radius 2 is 1.68 bits per heavy atom. The van der Waals surface area contributed by atoms with E-state index >= 15 is 0 Å². The predicted molar refractivity (Wildman–Crippen MR) is 74.7 cm³/mol. The monoisotopic (exact) mass is 256 g/mol. The van der Waals surface area contributed by atoms with E-state index in [-0.39, 0.29) is 11.6 Å². The molecule has 19 heavy (non-hydrogen) atoms. The van der Waals surface area contributed by atoms with Crippen LogP contribution in [0.1, 0.15) is 22.3 Å². The highest BCUT2D eigenvalue weighted by Crippen LogP contribution is 2.13. The van der Waals surface area contributed by atoms with Gasteiger partial charge in [-0.2, -0.15) is 0 Å². The zero-order chi connectivity index (χ0) is 13.8. The van der Waals surface area contributed by atoms with Crippen molar-refractivity contribution in [1.82, 2.24) is 0 Å². The quantitative estimate of drug-likeness (QED) is 0.813. The van der Waals surface area contributed by atoms with Gasteiger partial charge in [-0.3, -0.25) is 4.79 Å². The van der Waals surface area contributed by atoms with Crippen molar-refractivity contribution in [2.24, 2.45) is 0 Å². The number of rotatable bonds is 4. The molecule has 2 aromatic rings. The molecular weight excluding hydrogens is 239 g/mol. The Labute approximate surface area is 113 Å². The van der Waals surface area contributed by atoms with Gasteiger partial charge in [0, 0.05) is 12.8 Å². The van der Waals surface area contributed by atoms with Crippen LogP contribution in [0, 0.1) is 19.7 Å². The van der Waals surface area contributed by atoms with Crippen molar-refractivity contribution in [2.45, 2.75) is 26.7 Å². The van der Waals surface area contributed by atoms with Gasteiger partial charge in [-0.05, 0) is 42.7 Å². The van der Waals surface area contributed by atoms with Gasteiger partial charge < -0.3 is 0 Å². The lowest BCUT2D eigenvalue weighted by molar-refractivity contribution is -0.117. The predicted octanol–water partition coefficient (Wildman–Crippen LogP) is 3.80. The van der Waals surface area contributed by atoms with E-state index in [0.717, 1.165) is 16.7 Å². The highest BCUT2D eigenvalue weighted by molar-refractivity contribution is 5.83. The van der Waals surface area contributed by atoms with Crippen molar-refractivity contribution in [2.75, 3.05) is 0 Å². The molecule has 0 atom stereocenters. The Hall–Kier alpha value is -1.96. The molecule has 0 heterocycles. The molecule has 98 valence electrons. The fraction of sp³-hybridized carbons (Fsp3) is 0.235. The molecule has 2 aromatic carbocycles. The van der Waals surface area contributed by atoms with Gasteiger partial charge in [0.1, 0.15) is 11.6 Å². The van der Waals surface area contributed by atoms with Gasteiger partial charge in [0.25, 0.3) is 0 Å². The van der Waals surface area contributed by atoms with Gasteiger partial charge in [-0.1, -0.05) is 35.9 Å². The summed E-state index contributed by atoms with van der Waals surface area (Å²) in [6.45, 7) is 3.85. The van der Waals surface area contributed by atoms with Crippen LogP contribution in [0.2, 0.25) is 0 Å². The van der Waals surface area contributed by atoms with Gasteiger partial charge in [0.15, 0.2) is 0 Å². The number of hydrogen-bond donors (Lipinski definition) is 0. The van der Waals surface area contributed by atoms with Crippen molar-refractivity contribution in [3.05, 3.63) is 70.5 Å². The second-order valence-corrected chi connectivity index (χ2v) is 4.95. The summed E-state index contributed by atoms with van der Waals surface area (Å²) in [5, 5.41) is 0. The largest absolute Gasteiger partial charge is 0.299 e. The minimum absolute atomic E-state index is 0.151. The summed E-state index contributed by atoms with van der Waals surface area (Å²) in [5.41, 5.74) is 3.94. The lowest BCUT2D eigenvalue weighted by Gasteiger charge is -2.06. The molecule has 0 saturated carbocycles. The Balaban J connectivity index is 2.03. The third-order valence-electron chi connectivity index (χ3n) is 3.21. The number of ketones is 1. The number of Topliss-reactive ketones (excluding diaryl/α,β-unsaturated/α-hetero) is 1. The lowest BCUT2D eigenvalue weighted by Crippen LogP contribution is -2.07. The Kier molecular flexibility index (Phi) is 4.10. The fourth-order valence-corrected chi connectivity index (χ4v) is 2.07. The topological polar surface area (TPSA) is 17.1 Å². The average molecular weight is 256 g/mol. The molecule has 1 nitrogen and oxygen atoms in total. The first-order valence-electron chi connectivity index (χ1n) is 6.37. The first kappa shape index (κ1) is 13.5. The Morgan fingerprint density at radius 3 is 2.32 bits per heavy atom. The van der Waals surface area contributed by atoms with Crippen LogP contribution in [0.25, 0.3) is 0 Å². The van der Waals surface area contributed by atoms with Crippen molar-refractivity contribution in [3.63, 3.8) is 0 Å². The molecule has 0 radical (unpaired) electrons. The van der Waals surface area contributed by atoms with Crippen molar-refractivity contribution in [3.8, 4) is 0 Å². The van der Waals surface area contributed by atoms with Gasteiger partial charge in [-0.15, -0.1) is 0 Å². The van der Waals surface area contributed by atoms with Gasteiger partial charge >= 0.3 is 0 Å². The van der Waals surface area contributed by atoms with Crippen LogP contribution >= 0.6 is 0 Å². The maximum atomic E-state index is 13.0. The van der Waals surface area contributed by atoms with Crippen LogP contribution in [0.15, 0.2) is 42.5 Å². The SMILES string of the molecule is Cc1ccc(CC(=O)Cc2ccc(F)cc2C)cc1. The summed E-state index contributed by atoms with van der Waals surface area (Å²) in [7, 11) is 0. The molecule has 0 bridgehead atoms. The summed E-state index contributed by atoms with van der Waals surface area (Å²) in [5.74, 6) is -0.106. The summed E-state index contributed by atoms with van der Waals surface area (Å²) < 4.78 is 13.0. The van der Waals surface area contributed by atoms with E-state index in [1.165, 1.54) is 17.7 Å². The molecule has 0 spiro atoms. The molecule has 2 heteroatoms. The van der Waals surface area contributed by atoms with Gasteiger partial charge in [0.05, 0.1) is 0 Å². The molecule has 0 aliphatic rings. The molecule has 0 saturated heterocycles. The van der Waals surface area contributed by atoms with Crippen molar-refractivity contribution in [1.29, 1.82) is 0 Å². The van der Waals surface area contributed by atoms with Crippen LogP contribution < -0.4 is 0 Å². The summed E-state index contributed by atoms with van der Waals surface area (Å²) in [4.78, 5) is 12.0. The Bertz CT molecular complexity index is 585. The van der Waals surface area contributed by atoms with E-state index in [1.54, 1.807) is 6.07 Å². The van der Waals surface area contributed by atoms with Crippen LogP contribution in [-0.2, 0) is 17.6 Å². The maximum Gasteiger partial charge on any atom is 0.141 e. The number of carbonyl (C=O) groups is 1. The smallest absolute Gasteiger partial charge is 0.141 e. The fourth-order valence-electron chi connectivity index (χ4n) is 2.07. The minimum Gasteiger partial charge on any atom is -0.299 e. The zero-order valence-corrected chi connectivity index (χ0v) is 11.2. The first-order valence-corrected chi connectivity index (χ1v) is 6.37. The number of aryl methyl sites for hydroxylation is 2. The Morgan fingerprint density at radius 1 is 1.00 bits per heavy atom. The normalized spacial score (nSPS) is 10.5. The second-order valence-electron chi connectivity index (χ2n) is 4.95. The van der Waals surface area contributed by atoms with E-state index in [9.17, 15) is 9.18 Å². The minimum atomic E-state index is -0.257. The van der Waals surface area contributed by atoms with Crippen LogP contribution in [0.4, 0.5) is 4.39 Å². The van der Waals surface area contributed by atoms with Crippen LogP contribution in [0.5, 0.6) is 0 Å². The maximum absolute atomic E-state index is 13.0. The molecule has 0 aromatic heterocycles. The molecule has 0 aliphatic carbocycles. The summed E-state index contributed by atoms with van der Waals surface area (Å²) in [6.07, 6.45) is 0.789. The van der Waals surface area contributed by atoms with Crippen molar-refractivity contribution >= 4 is 5.78 Å². The molecule has 2 rings (SSSR count). The first-order chi connectivity index (χ1) is 9.04. The number of carbonyl (C=O) groups excluding carboxylic acids is 1. The molecule has 0 fully saturated rings. The molecular formula is C17H17FO. The van der Waals surface area contributed by atoms with E-state index in [0.29, 0.717) is 12.8 Å². The van der Waals surface area contributed by atoms with Crippen LogP contribution in [0.3, 0.4) is 0 Å². The number of hydrogen-bond acceptors (Lipinski definition) is 1. The zero-order valence-electron chi connectivity index (χ0n) is 11.2. The third-order valence-corrected chi connectivity index (χ3v) is 3.21. The highest BCUT2D eigenvalue weighted by Gasteiger charge is 2.08. The van der Waals surface area contributed by atoms with E-state index in [2.05, 4.69) is 0 Å². The van der Waals surface area contributed by atoms with E-state index < -0.39 is 0 Å². The third kappa shape index (κ3) is 3.75. The number of halogens is 1. The molecule has 0 amide bonds. The second kappa shape index (κ2) is 5.79. The van der Waals surface area contributed by atoms with Gasteiger partial charge in [-0.25, -0.2) is 4.39 Å². The summed E-state index contributed by atoms with van der Waals surface area (Å²) in [6, 6.07) is 12.5. The average Bonchev–Trinajstić information content (AvgIpc) is 2.36. The summed E-state index contributed by atoms with van der Waals surface area (Å²) >= 11 is 0. The molecule has 0 unspecified atom stereocenters. The highest BCUT2D eigenvalue weighted by atomic mass is 19.1. The van der Waals surface area contributed by atoms with E-state index in [4.69, 9.17) is 0 Å².